The van der Waals surface area contributed by atoms with Gasteiger partial charge in [-0.2, -0.15) is 0 Å². The van der Waals surface area contributed by atoms with Gasteiger partial charge in [0.1, 0.15) is 0 Å². The Bertz CT molecular complexity index is 1080. The van der Waals surface area contributed by atoms with Gasteiger partial charge in [-0.05, 0) is 37.8 Å². The minimum Gasteiger partial charge on any atom is -0.408 e. The van der Waals surface area contributed by atoms with E-state index in [1.54, 1.807) is 10.6 Å². The number of hydrogen-bond donors (Lipinski definition) is 1. The Morgan fingerprint density at radius 3 is 3.04 bits per heavy atom. The Hall–Kier alpha value is -2.61. The summed E-state index contributed by atoms with van der Waals surface area (Å²) in [5, 5.41) is 0.537. The van der Waals surface area contributed by atoms with E-state index >= 15 is 0 Å². The smallest absolute Gasteiger partial charge is 0.408 e. The Morgan fingerprint density at radius 1 is 1.30 bits per heavy atom. The number of aryl methyl sites for hydroxylation is 1. The van der Waals surface area contributed by atoms with Crippen molar-refractivity contribution in [3.63, 3.8) is 0 Å². The average molecular weight is 384 g/mol. The minimum atomic E-state index is -0.359. The summed E-state index contributed by atoms with van der Waals surface area (Å²) < 4.78 is 7.04. The zero-order valence-corrected chi connectivity index (χ0v) is 15.6. The molecule has 8 heteroatoms. The van der Waals surface area contributed by atoms with Gasteiger partial charge in [0.2, 0.25) is 5.91 Å². The van der Waals surface area contributed by atoms with Gasteiger partial charge in [0.05, 0.1) is 23.2 Å². The van der Waals surface area contributed by atoms with Crippen LogP contribution in [0.3, 0.4) is 0 Å². The number of para-hydroxylation sites is 2. The molecule has 5 rings (SSSR count). The summed E-state index contributed by atoms with van der Waals surface area (Å²) in [6.07, 6.45) is 3.49. The number of rotatable bonds is 2. The normalized spacial score (nSPS) is 22.3. The molecule has 27 heavy (non-hydrogen) atoms. The molecule has 2 aromatic heterocycles. The zero-order valence-electron chi connectivity index (χ0n) is 14.8. The van der Waals surface area contributed by atoms with Gasteiger partial charge in [-0.15, -0.1) is 11.3 Å². The monoisotopic (exact) mass is 384 g/mol. The van der Waals surface area contributed by atoms with E-state index in [1.807, 2.05) is 23.1 Å². The van der Waals surface area contributed by atoms with Gasteiger partial charge >= 0.3 is 5.76 Å². The molecular formula is C19H20N4O3S. The van der Waals surface area contributed by atoms with Gasteiger partial charge in [0, 0.05) is 18.0 Å². The molecular weight excluding hydrogens is 364 g/mol. The van der Waals surface area contributed by atoms with E-state index in [-0.39, 0.29) is 23.6 Å². The molecule has 0 spiro atoms. The standard InChI is InChI=1S/C19H20N4O3S/c20-18-21-16-12(4-3-7-15(16)27-18)17(24)22-9-8-11(10-22)23-13-5-1-2-6-14(13)26-19(23)25/h1-2,5-6,11-12H,3-4,7-10H2,(H2,20,21). The number of carbonyl (C=O) groups is 1. The number of benzene rings is 1. The molecule has 1 fully saturated rings. The average Bonchev–Trinajstić information content (AvgIpc) is 3.35. The van der Waals surface area contributed by atoms with Crippen LogP contribution < -0.4 is 11.5 Å². The second-order valence-electron chi connectivity index (χ2n) is 7.24. The van der Waals surface area contributed by atoms with Crippen LogP contribution in [-0.2, 0) is 11.2 Å². The van der Waals surface area contributed by atoms with Crippen LogP contribution in [0.4, 0.5) is 5.13 Å². The van der Waals surface area contributed by atoms with Crippen molar-refractivity contribution in [3.8, 4) is 0 Å². The SMILES string of the molecule is Nc1nc2c(s1)CCCC2C(=O)N1CCC(n2c(=O)oc3ccccc32)C1. The Labute approximate surface area is 159 Å². The van der Waals surface area contributed by atoms with Crippen LogP contribution in [0.15, 0.2) is 33.5 Å². The summed E-state index contributed by atoms with van der Waals surface area (Å²) in [6.45, 7) is 1.16. The van der Waals surface area contributed by atoms with Crippen LogP contribution in [0.5, 0.6) is 0 Å². The molecule has 3 heterocycles. The predicted octanol–water partition coefficient (Wildman–Crippen LogP) is 2.53. The zero-order chi connectivity index (χ0) is 18.5. The number of nitrogens with zero attached hydrogens (tertiary/aromatic N) is 3. The maximum absolute atomic E-state index is 13.2. The molecule has 0 saturated carbocycles. The van der Waals surface area contributed by atoms with E-state index < -0.39 is 0 Å². The summed E-state index contributed by atoms with van der Waals surface area (Å²) in [6, 6.07) is 7.35. The van der Waals surface area contributed by atoms with Crippen molar-refractivity contribution in [2.45, 2.75) is 37.6 Å². The highest BCUT2D eigenvalue weighted by molar-refractivity contribution is 7.15. The van der Waals surface area contributed by atoms with E-state index in [4.69, 9.17) is 10.2 Å². The molecule has 1 aromatic carbocycles. The summed E-state index contributed by atoms with van der Waals surface area (Å²) in [7, 11) is 0. The summed E-state index contributed by atoms with van der Waals surface area (Å²) in [4.78, 5) is 33.0. The lowest BCUT2D eigenvalue weighted by atomic mass is 9.90. The molecule has 2 N–H and O–H groups in total. The van der Waals surface area contributed by atoms with E-state index in [0.717, 1.165) is 41.8 Å². The number of hydrogen-bond acceptors (Lipinski definition) is 6. The first-order valence-electron chi connectivity index (χ1n) is 9.26. The maximum atomic E-state index is 13.2. The molecule has 1 amide bonds. The third-order valence-electron chi connectivity index (χ3n) is 5.63. The van der Waals surface area contributed by atoms with Crippen molar-refractivity contribution in [1.82, 2.24) is 14.5 Å². The van der Waals surface area contributed by atoms with Crippen molar-refractivity contribution in [2.75, 3.05) is 18.8 Å². The lowest BCUT2D eigenvalue weighted by molar-refractivity contribution is -0.132. The number of likely N-dealkylation sites (tertiary alicyclic amines) is 1. The first-order valence-corrected chi connectivity index (χ1v) is 10.1. The van der Waals surface area contributed by atoms with Gasteiger partial charge in [-0.1, -0.05) is 12.1 Å². The van der Waals surface area contributed by atoms with E-state index in [2.05, 4.69) is 4.98 Å². The van der Waals surface area contributed by atoms with Crippen LogP contribution in [0.25, 0.3) is 11.1 Å². The van der Waals surface area contributed by atoms with Gasteiger partial charge in [-0.3, -0.25) is 9.36 Å². The first kappa shape index (κ1) is 16.6. The highest BCUT2D eigenvalue weighted by atomic mass is 32.1. The van der Waals surface area contributed by atoms with Gasteiger partial charge in [0.15, 0.2) is 10.7 Å². The van der Waals surface area contributed by atoms with Crippen LogP contribution in [-0.4, -0.2) is 33.4 Å². The fraction of sp³-hybridized carbons (Fsp3) is 0.421. The summed E-state index contributed by atoms with van der Waals surface area (Å²) >= 11 is 1.49. The summed E-state index contributed by atoms with van der Waals surface area (Å²) in [5.41, 5.74) is 8.10. The number of nitrogen functional groups attached to an aromatic ring is 1. The van der Waals surface area contributed by atoms with Crippen molar-refractivity contribution < 1.29 is 9.21 Å². The van der Waals surface area contributed by atoms with E-state index in [1.165, 1.54) is 11.3 Å². The quantitative estimate of drug-likeness (QED) is 0.733. The Kier molecular flexibility index (Phi) is 3.82. The van der Waals surface area contributed by atoms with Crippen molar-refractivity contribution in [2.24, 2.45) is 0 Å². The fourth-order valence-corrected chi connectivity index (χ4v) is 5.32. The lowest BCUT2D eigenvalue weighted by Crippen LogP contribution is -2.35. The van der Waals surface area contributed by atoms with Gasteiger partial charge < -0.3 is 15.1 Å². The Morgan fingerprint density at radius 2 is 2.15 bits per heavy atom. The second-order valence-corrected chi connectivity index (χ2v) is 8.35. The maximum Gasteiger partial charge on any atom is 0.420 e. The van der Waals surface area contributed by atoms with E-state index in [0.29, 0.717) is 23.8 Å². The van der Waals surface area contributed by atoms with Crippen molar-refractivity contribution in [3.05, 3.63) is 45.4 Å². The summed E-state index contributed by atoms with van der Waals surface area (Å²) in [5.74, 6) is -0.466. The molecule has 0 radical (unpaired) electrons. The lowest BCUT2D eigenvalue weighted by Gasteiger charge is -2.25. The number of nitrogens with two attached hydrogens (primary N) is 1. The number of anilines is 1. The molecule has 2 unspecified atom stereocenters. The van der Waals surface area contributed by atoms with Crippen molar-refractivity contribution >= 4 is 33.5 Å². The molecule has 1 aliphatic heterocycles. The number of carbonyl (C=O) groups excluding carboxylic acids is 1. The molecule has 3 aromatic rings. The molecule has 0 bridgehead atoms. The molecule has 2 atom stereocenters. The van der Waals surface area contributed by atoms with Crippen LogP contribution in [0.1, 0.15) is 41.8 Å². The highest BCUT2D eigenvalue weighted by Crippen LogP contribution is 2.38. The van der Waals surface area contributed by atoms with Crippen molar-refractivity contribution in [1.29, 1.82) is 0 Å². The molecule has 2 aliphatic rings. The largest absolute Gasteiger partial charge is 0.420 e. The predicted molar refractivity (Wildman–Crippen MR) is 103 cm³/mol. The van der Waals surface area contributed by atoms with Gasteiger partial charge in [-0.25, -0.2) is 9.78 Å². The molecule has 1 aliphatic carbocycles. The Balaban J connectivity index is 1.40. The molecule has 140 valence electrons. The fourth-order valence-electron chi connectivity index (χ4n) is 4.38. The number of fused-ring (bicyclic) bond motifs is 2. The third kappa shape index (κ3) is 2.66. The first-order chi connectivity index (χ1) is 13.1. The molecule has 7 nitrogen and oxygen atoms in total. The second kappa shape index (κ2) is 6.23. The molecule has 1 saturated heterocycles. The van der Waals surface area contributed by atoms with Crippen LogP contribution in [0.2, 0.25) is 0 Å². The highest BCUT2D eigenvalue weighted by Gasteiger charge is 2.37. The minimum absolute atomic E-state index is 0.0614. The number of thiazole rings is 1. The van der Waals surface area contributed by atoms with Gasteiger partial charge in [0.25, 0.3) is 0 Å². The number of aromatic nitrogens is 2. The van der Waals surface area contributed by atoms with Crippen LogP contribution in [0, 0.1) is 0 Å². The van der Waals surface area contributed by atoms with Crippen LogP contribution >= 0.6 is 11.3 Å². The third-order valence-corrected chi connectivity index (χ3v) is 6.59. The topological polar surface area (TPSA) is 94.4 Å². The number of oxazole rings is 1. The number of amides is 1. The van der Waals surface area contributed by atoms with E-state index in [9.17, 15) is 9.59 Å².